The largest absolute Gasteiger partial charge is 0.479 e. The van der Waals surface area contributed by atoms with E-state index in [0.29, 0.717) is 47.5 Å². The summed E-state index contributed by atoms with van der Waals surface area (Å²) in [4.78, 5) is 20.8. The van der Waals surface area contributed by atoms with Crippen LogP contribution in [0.1, 0.15) is 17.4 Å². The number of nitrogens with zero attached hydrogens (tertiary/aromatic N) is 5. The van der Waals surface area contributed by atoms with Gasteiger partial charge in [-0.2, -0.15) is 4.98 Å². The third kappa shape index (κ3) is 3.21. The second-order valence-electron chi connectivity index (χ2n) is 7.69. The molecule has 1 saturated heterocycles. The van der Waals surface area contributed by atoms with Gasteiger partial charge in [0, 0.05) is 30.8 Å². The van der Waals surface area contributed by atoms with Gasteiger partial charge in [-0.3, -0.25) is 9.20 Å². The van der Waals surface area contributed by atoms with E-state index < -0.39 is 5.82 Å². The van der Waals surface area contributed by atoms with Crippen molar-refractivity contribution < 1.29 is 18.7 Å². The Morgan fingerprint density at radius 1 is 1.34 bits per heavy atom. The summed E-state index contributed by atoms with van der Waals surface area (Å²) < 4.78 is 28.9. The number of hydrogen-bond donors (Lipinski definition) is 2. The van der Waals surface area contributed by atoms with Gasteiger partial charge in [-0.05, 0) is 19.1 Å². The van der Waals surface area contributed by atoms with Crippen LogP contribution < -0.4 is 15.4 Å². The molecule has 0 aromatic carbocycles. The monoisotopic (exact) mass is 439 g/mol. The Balaban J connectivity index is 1.61. The molecule has 4 aromatic heterocycles. The van der Waals surface area contributed by atoms with Gasteiger partial charge >= 0.3 is 0 Å². The average Bonchev–Trinajstić information content (AvgIpc) is 3.30. The fourth-order valence-electron chi connectivity index (χ4n) is 3.79. The lowest BCUT2D eigenvalue weighted by Crippen LogP contribution is -2.40. The second kappa shape index (κ2) is 7.75. The molecule has 2 N–H and O–H groups in total. The van der Waals surface area contributed by atoms with Gasteiger partial charge in [0.15, 0.2) is 5.82 Å². The first-order valence-electron chi connectivity index (χ1n) is 10.2. The normalized spacial score (nSPS) is 15.0. The van der Waals surface area contributed by atoms with Crippen molar-refractivity contribution >= 4 is 23.0 Å². The Labute approximate surface area is 182 Å². The lowest BCUT2D eigenvalue weighted by molar-refractivity contribution is -0.0380. The van der Waals surface area contributed by atoms with Gasteiger partial charge in [-0.1, -0.05) is 0 Å². The highest BCUT2D eigenvalue weighted by Gasteiger charge is 2.27. The number of aromatic nitrogens is 5. The first-order chi connectivity index (χ1) is 15.5. The van der Waals surface area contributed by atoms with Crippen LogP contribution in [0, 0.1) is 11.7 Å². The summed E-state index contributed by atoms with van der Waals surface area (Å²) in [7, 11) is 3.02. The van der Waals surface area contributed by atoms with Crippen molar-refractivity contribution in [1.29, 1.82) is 0 Å². The van der Waals surface area contributed by atoms with Crippen LogP contribution in [0.5, 0.6) is 5.88 Å². The summed E-state index contributed by atoms with van der Waals surface area (Å²) in [5, 5.41) is 10.3. The van der Waals surface area contributed by atoms with Crippen molar-refractivity contribution in [2.75, 3.05) is 32.7 Å². The number of amides is 1. The molecule has 1 amide bonds. The summed E-state index contributed by atoms with van der Waals surface area (Å²) >= 11 is 0. The van der Waals surface area contributed by atoms with E-state index in [4.69, 9.17) is 9.47 Å². The third-order valence-corrected chi connectivity index (χ3v) is 5.73. The lowest BCUT2D eigenvalue weighted by Gasteiger charge is -2.31. The summed E-state index contributed by atoms with van der Waals surface area (Å²) in [6.45, 7) is 3.40. The average molecular weight is 439 g/mol. The first kappa shape index (κ1) is 20.2. The molecule has 0 radical (unpaired) electrons. The molecule has 0 unspecified atom stereocenters. The summed E-state index contributed by atoms with van der Waals surface area (Å²) in [5.41, 5.74) is 2.10. The molecule has 4 aromatic rings. The topological polar surface area (TPSA) is 107 Å². The molecule has 5 rings (SSSR count). The number of anilines is 1. The number of hydrogen-bond acceptors (Lipinski definition) is 7. The van der Waals surface area contributed by atoms with Crippen molar-refractivity contribution in [2.24, 2.45) is 5.92 Å². The van der Waals surface area contributed by atoms with E-state index in [-0.39, 0.29) is 23.4 Å². The molecule has 0 saturated carbocycles. The third-order valence-electron chi connectivity index (χ3n) is 5.73. The minimum absolute atomic E-state index is 0.0950. The molecule has 10 nitrogen and oxygen atoms in total. The predicted octanol–water partition coefficient (Wildman–Crippen LogP) is 2.00. The highest BCUT2D eigenvalue weighted by atomic mass is 19.1. The molecular formula is C21H22FN7O3. The Bertz CT molecular complexity index is 1330. The van der Waals surface area contributed by atoms with E-state index in [2.05, 4.69) is 25.7 Å². The Hall–Kier alpha value is -3.73. The van der Waals surface area contributed by atoms with Crippen LogP contribution >= 0.6 is 0 Å². The quantitative estimate of drug-likeness (QED) is 0.473. The molecule has 0 spiro atoms. The summed E-state index contributed by atoms with van der Waals surface area (Å²) in [5.74, 6) is 0.155. The zero-order chi connectivity index (χ0) is 22.4. The van der Waals surface area contributed by atoms with Crippen LogP contribution in [0.15, 0.2) is 30.7 Å². The number of pyridine rings is 1. The van der Waals surface area contributed by atoms with E-state index in [0.717, 1.165) is 0 Å². The molecule has 32 heavy (non-hydrogen) atoms. The molecular weight excluding hydrogens is 417 g/mol. The van der Waals surface area contributed by atoms with Crippen molar-refractivity contribution in [3.63, 3.8) is 0 Å². The van der Waals surface area contributed by atoms with E-state index in [1.807, 2.05) is 6.92 Å². The Kier molecular flexibility index (Phi) is 4.89. The van der Waals surface area contributed by atoms with Gasteiger partial charge in [0.25, 0.3) is 5.91 Å². The van der Waals surface area contributed by atoms with Crippen LogP contribution in [0.4, 0.5) is 10.3 Å². The summed E-state index contributed by atoms with van der Waals surface area (Å²) in [6, 6.07) is 3.55. The maximum atomic E-state index is 15.2. The van der Waals surface area contributed by atoms with Crippen LogP contribution in [0.3, 0.4) is 0 Å². The summed E-state index contributed by atoms with van der Waals surface area (Å²) in [6.07, 6.45) is 4.42. The molecule has 0 bridgehead atoms. The second-order valence-corrected chi connectivity index (χ2v) is 7.69. The smallest absolute Gasteiger partial charge is 0.269 e. The zero-order valence-corrected chi connectivity index (χ0v) is 17.8. The van der Waals surface area contributed by atoms with Gasteiger partial charge in [-0.25, -0.2) is 13.9 Å². The SMILES string of the molecule is CNC(=O)c1cnc2ccc(-c3c(F)cn4nc(N[C@@H](C)C5COC5)nc(OC)c34)cn12. The van der Waals surface area contributed by atoms with Crippen LogP contribution in [-0.4, -0.2) is 63.3 Å². The van der Waals surface area contributed by atoms with Crippen LogP contribution in [0.2, 0.25) is 0 Å². The molecule has 166 valence electrons. The standard InChI is InChI=1S/C21H22FN7O3/c1-11(13-9-32-10-13)25-21-26-20(31-3)18-17(14(22)8-29(18)27-21)12-4-5-16-24-6-15(19(30)23-2)28(16)7-12/h4-8,11,13H,9-10H2,1-3H3,(H,23,30)(H,25,27)/t11-/m0/s1. The number of carbonyl (C=O) groups is 1. The predicted molar refractivity (Wildman–Crippen MR) is 114 cm³/mol. The number of imidazole rings is 1. The maximum absolute atomic E-state index is 15.2. The molecule has 1 fully saturated rings. The van der Waals surface area contributed by atoms with Gasteiger partial charge in [0.1, 0.15) is 16.9 Å². The van der Waals surface area contributed by atoms with E-state index in [9.17, 15) is 4.79 Å². The fourth-order valence-corrected chi connectivity index (χ4v) is 3.79. The molecule has 0 aliphatic carbocycles. The number of ether oxygens (including phenoxy) is 2. The van der Waals surface area contributed by atoms with Crippen LogP contribution in [-0.2, 0) is 4.74 Å². The van der Waals surface area contributed by atoms with Gasteiger partial charge < -0.3 is 20.1 Å². The van der Waals surface area contributed by atoms with Crippen LogP contribution in [0.25, 0.3) is 22.3 Å². The van der Waals surface area contributed by atoms with Crippen molar-refractivity contribution in [3.8, 4) is 17.0 Å². The van der Waals surface area contributed by atoms with E-state index in [1.54, 1.807) is 29.8 Å². The fraction of sp³-hybridized carbons (Fsp3) is 0.333. The van der Waals surface area contributed by atoms with E-state index in [1.165, 1.54) is 24.0 Å². The van der Waals surface area contributed by atoms with Gasteiger partial charge in [0.05, 0.1) is 38.3 Å². The molecule has 1 atom stereocenters. The number of carbonyl (C=O) groups excluding carboxylic acids is 1. The molecule has 11 heteroatoms. The molecule has 1 aliphatic heterocycles. The van der Waals surface area contributed by atoms with Crippen molar-refractivity contribution in [1.82, 2.24) is 29.3 Å². The number of rotatable bonds is 6. The minimum Gasteiger partial charge on any atom is -0.479 e. The highest BCUT2D eigenvalue weighted by molar-refractivity contribution is 5.93. The number of fused-ring (bicyclic) bond motifs is 2. The number of methoxy groups -OCH3 is 1. The zero-order valence-electron chi connectivity index (χ0n) is 17.8. The van der Waals surface area contributed by atoms with E-state index >= 15 is 4.39 Å². The molecule has 1 aliphatic rings. The molecule has 5 heterocycles. The Morgan fingerprint density at radius 3 is 2.84 bits per heavy atom. The number of halogens is 1. The van der Waals surface area contributed by atoms with Gasteiger partial charge in [0.2, 0.25) is 11.8 Å². The van der Waals surface area contributed by atoms with Gasteiger partial charge in [-0.15, -0.1) is 5.10 Å². The van der Waals surface area contributed by atoms with Crippen molar-refractivity contribution in [3.05, 3.63) is 42.2 Å². The highest BCUT2D eigenvalue weighted by Crippen LogP contribution is 2.34. The first-order valence-corrected chi connectivity index (χ1v) is 10.2. The Morgan fingerprint density at radius 2 is 2.16 bits per heavy atom. The number of nitrogens with one attached hydrogen (secondary N) is 2. The minimum atomic E-state index is -0.490. The maximum Gasteiger partial charge on any atom is 0.269 e. The van der Waals surface area contributed by atoms with Crippen molar-refractivity contribution in [2.45, 2.75) is 13.0 Å². The lowest BCUT2D eigenvalue weighted by atomic mass is 10.0.